The minimum atomic E-state index is -0.929. The van der Waals surface area contributed by atoms with Gasteiger partial charge in [-0.1, -0.05) is 18.5 Å². The minimum Gasteiger partial charge on any atom is -0.481 e. The number of rotatable bonds is 5. The summed E-state index contributed by atoms with van der Waals surface area (Å²) < 4.78 is 1.60. The lowest BCUT2D eigenvalue weighted by molar-refractivity contribution is -0.137. The second kappa shape index (κ2) is 5.72. The van der Waals surface area contributed by atoms with E-state index in [-0.39, 0.29) is 18.4 Å². The smallest absolute Gasteiger partial charge is 0.305 e. The maximum Gasteiger partial charge on any atom is 0.305 e. The number of hydrogen-bond donors (Lipinski definition) is 2. The average Bonchev–Trinajstić information content (AvgIpc) is 2.56. The molecule has 0 fully saturated rings. The number of carbonyl (C=O) groups is 2. The van der Waals surface area contributed by atoms with Crippen LogP contribution in [0.4, 0.5) is 0 Å². The lowest BCUT2D eigenvalue weighted by Gasteiger charge is -2.14. The summed E-state index contributed by atoms with van der Waals surface area (Å²) in [7, 11) is 1.71. The van der Waals surface area contributed by atoms with E-state index in [4.69, 9.17) is 16.7 Å². The van der Waals surface area contributed by atoms with Crippen molar-refractivity contribution in [1.82, 2.24) is 9.88 Å². The van der Waals surface area contributed by atoms with Gasteiger partial charge in [0.15, 0.2) is 0 Å². The van der Waals surface area contributed by atoms with Gasteiger partial charge in [-0.05, 0) is 12.5 Å². The molecule has 1 aromatic heterocycles. The van der Waals surface area contributed by atoms with E-state index in [1.165, 1.54) is 0 Å². The molecule has 1 amide bonds. The molecule has 0 spiro atoms. The molecule has 17 heavy (non-hydrogen) atoms. The first-order valence-electron chi connectivity index (χ1n) is 5.28. The van der Waals surface area contributed by atoms with Gasteiger partial charge in [0, 0.05) is 19.3 Å². The lowest BCUT2D eigenvalue weighted by Crippen LogP contribution is -2.36. The van der Waals surface area contributed by atoms with Crippen LogP contribution in [0, 0.1) is 0 Å². The number of amides is 1. The highest BCUT2D eigenvalue weighted by Crippen LogP contribution is 2.13. The summed E-state index contributed by atoms with van der Waals surface area (Å²) in [5.74, 6) is -1.24. The Labute approximate surface area is 104 Å². The molecule has 6 heteroatoms. The van der Waals surface area contributed by atoms with Crippen molar-refractivity contribution in [3.05, 3.63) is 23.0 Å². The van der Waals surface area contributed by atoms with Crippen LogP contribution in [0.15, 0.2) is 12.3 Å². The Balaban J connectivity index is 2.70. The second-order valence-corrected chi connectivity index (χ2v) is 4.27. The summed E-state index contributed by atoms with van der Waals surface area (Å²) in [5.41, 5.74) is 0.416. The molecule has 1 heterocycles. The molecule has 0 saturated heterocycles. The number of carboxylic acid groups (broad SMARTS) is 1. The molecule has 1 aromatic rings. The standard InChI is InChI=1S/C11H15ClN2O3/c1-3-8(5-10(15)16)13-11(17)9-4-7(12)6-14(9)2/h4,6,8H,3,5H2,1-2H3,(H,13,17)(H,15,16). The summed E-state index contributed by atoms with van der Waals surface area (Å²) in [6.45, 7) is 1.83. The van der Waals surface area contributed by atoms with E-state index in [1.807, 2.05) is 6.92 Å². The minimum absolute atomic E-state index is 0.0829. The van der Waals surface area contributed by atoms with Gasteiger partial charge < -0.3 is 15.0 Å². The Bertz CT molecular complexity index is 428. The summed E-state index contributed by atoms with van der Waals surface area (Å²) in [6.07, 6.45) is 2.10. The summed E-state index contributed by atoms with van der Waals surface area (Å²) in [6, 6.07) is 1.18. The quantitative estimate of drug-likeness (QED) is 0.844. The third-order valence-corrected chi connectivity index (χ3v) is 2.66. The third kappa shape index (κ3) is 3.78. The first kappa shape index (κ1) is 13.6. The fourth-order valence-electron chi connectivity index (χ4n) is 1.52. The Hall–Kier alpha value is -1.49. The van der Waals surface area contributed by atoms with Crippen LogP contribution >= 0.6 is 11.6 Å². The summed E-state index contributed by atoms with van der Waals surface area (Å²) in [5, 5.41) is 11.8. The number of aryl methyl sites for hydroxylation is 1. The average molecular weight is 259 g/mol. The topological polar surface area (TPSA) is 71.3 Å². The van der Waals surface area contributed by atoms with Crippen LogP contribution in [-0.2, 0) is 11.8 Å². The summed E-state index contributed by atoms with van der Waals surface area (Å²) in [4.78, 5) is 22.4. The number of aliphatic carboxylic acids is 1. The van der Waals surface area contributed by atoms with Crippen molar-refractivity contribution in [3.8, 4) is 0 Å². The van der Waals surface area contributed by atoms with E-state index in [9.17, 15) is 9.59 Å². The van der Waals surface area contributed by atoms with Crippen molar-refractivity contribution >= 4 is 23.5 Å². The highest BCUT2D eigenvalue weighted by atomic mass is 35.5. The van der Waals surface area contributed by atoms with Crippen LogP contribution in [-0.4, -0.2) is 27.6 Å². The van der Waals surface area contributed by atoms with E-state index in [0.29, 0.717) is 17.1 Å². The number of hydrogen-bond acceptors (Lipinski definition) is 2. The van der Waals surface area contributed by atoms with E-state index >= 15 is 0 Å². The third-order valence-electron chi connectivity index (χ3n) is 2.45. The molecule has 5 nitrogen and oxygen atoms in total. The van der Waals surface area contributed by atoms with E-state index in [0.717, 1.165) is 0 Å². The molecule has 0 aromatic carbocycles. The van der Waals surface area contributed by atoms with Gasteiger partial charge in [-0.2, -0.15) is 0 Å². The van der Waals surface area contributed by atoms with Crippen molar-refractivity contribution in [2.75, 3.05) is 0 Å². The Morgan fingerprint density at radius 3 is 2.65 bits per heavy atom. The van der Waals surface area contributed by atoms with Gasteiger partial charge in [-0.25, -0.2) is 0 Å². The van der Waals surface area contributed by atoms with Gasteiger partial charge in [0.25, 0.3) is 5.91 Å². The van der Waals surface area contributed by atoms with Gasteiger partial charge >= 0.3 is 5.97 Å². The molecule has 0 saturated carbocycles. The lowest BCUT2D eigenvalue weighted by atomic mass is 10.1. The molecule has 0 aliphatic rings. The van der Waals surface area contributed by atoms with Crippen molar-refractivity contribution < 1.29 is 14.7 Å². The maximum atomic E-state index is 11.8. The molecule has 0 bridgehead atoms. The van der Waals surface area contributed by atoms with Gasteiger partial charge in [-0.3, -0.25) is 9.59 Å². The Kier molecular flexibility index (Phi) is 4.57. The van der Waals surface area contributed by atoms with Gasteiger partial charge in [0.2, 0.25) is 0 Å². The van der Waals surface area contributed by atoms with Crippen molar-refractivity contribution in [3.63, 3.8) is 0 Å². The second-order valence-electron chi connectivity index (χ2n) is 3.83. The summed E-state index contributed by atoms with van der Waals surface area (Å²) >= 11 is 5.77. The van der Waals surface area contributed by atoms with Crippen LogP contribution in [0.1, 0.15) is 30.3 Å². The molecule has 0 aliphatic heterocycles. The van der Waals surface area contributed by atoms with Crippen molar-refractivity contribution in [2.24, 2.45) is 7.05 Å². The normalized spacial score (nSPS) is 12.2. The fraction of sp³-hybridized carbons (Fsp3) is 0.455. The number of nitrogens with zero attached hydrogens (tertiary/aromatic N) is 1. The van der Waals surface area contributed by atoms with Gasteiger partial charge in [-0.15, -0.1) is 0 Å². The highest BCUT2D eigenvalue weighted by molar-refractivity contribution is 6.31. The molecular weight excluding hydrogens is 244 g/mol. The fourth-order valence-corrected chi connectivity index (χ4v) is 1.77. The van der Waals surface area contributed by atoms with Crippen LogP contribution in [0.25, 0.3) is 0 Å². The van der Waals surface area contributed by atoms with E-state index in [1.54, 1.807) is 23.9 Å². The predicted octanol–water partition coefficient (Wildman–Crippen LogP) is 1.66. The molecule has 1 unspecified atom stereocenters. The molecule has 1 rings (SSSR count). The Morgan fingerprint density at radius 2 is 2.24 bits per heavy atom. The first-order chi connectivity index (χ1) is 7.93. The van der Waals surface area contributed by atoms with Crippen molar-refractivity contribution in [2.45, 2.75) is 25.8 Å². The monoisotopic (exact) mass is 258 g/mol. The van der Waals surface area contributed by atoms with Gasteiger partial charge in [0.05, 0.1) is 11.4 Å². The van der Waals surface area contributed by atoms with Crippen LogP contribution in [0.5, 0.6) is 0 Å². The van der Waals surface area contributed by atoms with Crippen LogP contribution in [0.2, 0.25) is 5.02 Å². The molecular formula is C11H15ClN2O3. The molecule has 2 N–H and O–H groups in total. The first-order valence-corrected chi connectivity index (χ1v) is 5.66. The zero-order valence-electron chi connectivity index (χ0n) is 9.74. The number of nitrogens with one attached hydrogen (secondary N) is 1. The number of halogens is 1. The molecule has 0 radical (unpaired) electrons. The zero-order valence-corrected chi connectivity index (χ0v) is 10.5. The van der Waals surface area contributed by atoms with Crippen molar-refractivity contribution in [1.29, 1.82) is 0 Å². The zero-order chi connectivity index (χ0) is 13.0. The number of carboxylic acids is 1. The molecule has 0 aliphatic carbocycles. The van der Waals surface area contributed by atoms with Gasteiger partial charge in [0.1, 0.15) is 5.69 Å². The largest absolute Gasteiger partial charge is 0.481 e. The molecule has 94 valence electrons. The maximum absolute atomic E-state index is 11.8. The predicted molar refractivity (Wildman–Crippen MR) is 64.2 cm³/mol. The van der Waals surface area contributed by atoms with E-state index in [2.05, 4.69) is 5.32 Å². The van der Waals surface area contributed by atoms with E-state index < -0.39 is 5.97 Å². The SMILES string of the molecule is CCC(CC(=O)O)NC(=O)c1cc(Cl)cn1C. The Morgan fingerprint density at radius 1 is 1.59 bits per heavy atom. The number of carbonyl (C=O) groups excluding carboxylic acids is 1. The molecule has 1 atom stereocenters. The number of aromatic nitrogens is 1. The van der Waals surface area contributed by atoms with Crippen LogP contribution < -0.4 is 5.32 Å². The highest BCUT2D eigenvalue weighted by Gasteiger charge is 2.17. The van der Waals surface area contributed by atoms with Crippen LogP contribution in [0.3, 0.4) is 0 Å².